The predicted octanol–water partition coefficient (Wildman–Crippen LogP) is 4.63. The zero-order valence-electron chi connectivity index (χ0n) is 16.6. The van der Waals surface area contributed by atoms with Gasteiger partial charge in [0, 0.05) is 31.2 Å². The molecule has 0 spiro atoms. The first-order valence-electron chi connectivity index (χ1n) is 9.99. The van der Waals surface area contributed by atoms with E-state index < -0.39 is 11.8 Å². The molecule has 28 heavy (non-hydrogen) atoms. The zero-order chi connectivity index (χ0) is 20.0. The smallest absolute Gasteiger partial charge is 0.364 e. The Kier molecular flexibility index (Phi) is 6.81. The van der Waals surface area contributed by atoms with Gasteiger partial charge in [-0.2, -0.15) is 0 Å². The van der Waals surface area contributed by atoms with Crippen LogP contribution < -0.4 is 0 Å². The largest absolute Gasteiger partial charge is 0.477 e. The lowest BCUT2D eigenvalue weighted by atomic mass is 9.86. The van der Waals surface area contributed by atoms with Gasteiger partial charge in [0.25, 0.3) is 5.79 Å². The summed E-state index contributed by atoms with van der Waals surface area (Å²) in [6.07, 6.45) is 7.74. The van der Waals surface area contributed by atoms with E-state index >= 15 is 0 Å². The van der Waals surface area contributed by atoms with Crippen molar-refractivity contribution < 1.29 is 19.4 Å². The van der Waals surface area contributed by atoms with Crippen molar-refractivity contribution in [1.82, 2.24) is 4.98 Å². The van der Waals surface area contributed by atoms with Gasteiger partial charge < -0.3 is 14.6 Å². The summed E-state index contributed by atoms with van der Waals surface area (Å²) in [5, 5.41) is 9.24. The summed E-state index contributed by atoms with van der Waals surface area (Å²) in [6.45, 7) is 3.84. The lowest BCUT2D eigenvalue weighted by molar-refractivity contribution is -0.292. The maximum Gasteiger partial charge on any atom is 0.364 e. The Morgan fingerprint density at radius 3 is 2.50 bits per heavy atom. The molecule has 1 saturated heterocycles. The predicted molar refractivity (Wildman–Crippen MR) is 107 cm³/mol. The Balaban J connectivity index is 1.54. The number of unbranched alkanes of at least 4 members (excludes halogenated alkanes) is 1. The Morgan fingerprint density at radius 1 is 1.18 bits per heavy atom. The number of hydrogen-bond donors (Lipinski definition) is 1. The monoisotopic (exact) mass is 383 g/mol. The van der Waals surface area contributed by atoms with E-state index in [1.807, 2.05) is 25.4 Å². The molecule has 1 N–H and O–H groups in total. The summed E-state index contributed by atoms with van der Waals surface area (Å²) < 4.78 is 11.1. The van der Waals surface area contributed by atoms with Gasteiger partial charge in [0.2, 0.25) is 0 Å². The molecular weight excluding hydrogens is 354 g/mol. The van der Waals surface area contributed by atoms with Crippen LogP contribution in [0, 0.1) is 5.92 Å². The van der Waals surface area contributed by atoms with E-state index in [-0.39, 0.29) is 12.0 Å². The Labute approximate surface area is 166 Å². The summed E-state index contributed by atoms with van der Waals surface area (Å²) in [5.74, 6) is -2.00. The molecule has 0 saturated carbocycles. The highest BCUT2D eigenvalue weighted by molar-refractivity contribution is 5.75. The van der Waals surface area contributed by atoms with Crippen molar-refractivity contribution in [3.8, 4) is 0 Å². The van der Waals surface area contributed by atoms with Gasteiger partial charge in [-0.1, -0.05) is 43.2 Å². The lowest BCUT2D eigenvalue weighted by Gasteiger charge is -2.39. The molecule has 1 aliphatic rings. The number of pyridine rings is 1. The molecule has 3 rings (SSSR count). The third-order valence-electron chi connectivity index (χ3n) is 5.66. The fraction of sp³-hybridized carbons (Fsp3) is 0.478. The highest BCUT2D eigenvalue weighted by Crippen LogP contribution is 2.32. The van der Waals surface area contributed by atoms with Crippen LogP contribution >= 0.6 is 0 Å². The number of ether oxygens (including phenoxy) is 2. The van der Waals surface area contributed by atoms with Gasteiger partial charge in [0.05, 0.1) is 12.7 Å². The van der Waals surface area contributed by atoms with E-state index in [9.17, 15) is 9.90 Å². The molecular formula is C23H29NO4. The van der Waals surface area contributed by atoms with Crippen molar-refractivity contribution in [2.45, 2.75) is 57.3 Å². The minimum absolute atomic E-state index is 0.125. The maximum atomic E-state index is 11.3. The average Bonchev–Trinajstić information content (AvgIpc) is 2.70. The number of carboxylic acids is 1. The van der Waals surface area contributed by atoms with Gasteiger partial charge in [-0.15, -0.1) is 0 Å². The fourth-order valence-corrected chi connectivity index (χ4v) is 3.88. The molecule has 0 amide bonds. The maximum absolute atomic E-state index is 11.3. The van der Waals surface area contributed by atoms with Gasteiger partial charge >= 0.3 is 5.97 Å². The molecule has 4 atom stereocenters. The van der Waals surface area contributed by atoms with E-state index in [1.54, 1.807) is 0 Å². The first-order valence-corrected chi connectivity index (χ1v) is 9.99. The first kappa shape index (κ1) is 20.5. The number of nitrogens with zero attached hydrogens (tertiary/aromatic N) is 1. The highest BCUT2D eigenvalue weighted by Gasteiger charge is 2.43. The van der Waals surface area contributed by atoms with Crippen LogP contribution in [0.1, 0.15) is 56.6 Å². The van der Waals surface area contributed by atoms with Crippen LogP contribution in [0.4, 0.5) is 0 Å². The van der Waals surface area contributed by atoms with Crippen molar-refractivity contribution in [2.75, 3.05) is 6.61 Å². The Hall–Kier alpha value is -2.24. The summed E-state index contributed by atoms with van der Waals surface area (Å²) >= 11 is 0. The van der Waals surface area contributed by atoms with Gasteiger partial charge in [0.1, 0.15) is 0 Å². The third-order valence-corrected chi connectivity index (χ3v) is 5.66. The first-order chi connectivity index (χ1) is 13.5. The van der Waals surface area contributed by atoms with E-state index in [1.165, 1.54) is 18.1 Å². The van der Waals surface area contributed by atoms with E-state index in [0.717, 1.165) is 25.7 Å². The summed E-state index contributed by atoms with van der Waals surface area (Å²) in [4.78, 5) is 15.4. The number of hydrogen-bond acceptors (Lipinski definition) is 4. The van der Waals surface area contributed by atoms with Crippen LogP contribution in [0.15, 0.2) is 54.9 Å². The van der Waals surface area contributed by atoms with Crippen molar-refractivity contribution in [1.29, 1.82) is 0 Å². The molecule has 1 fully saturated rings. The van der Waals surface area contributed by atoms with Crippen LogP contribution in [0.3, 0.4) is 0 Å². The minimum atomic E-state index is -1.52. The second kappa shape index (κ2) is 9.30. The van der Waals surface area contributed by atoms with Crippen LogP contribution in [0.25, 0.3) is 0 Å². The quantitative estimate of drug-likeness (QED) is 0.673. The van der Waals surface area contributed by atoms with Crippen molar-refractivity contribution >= 4 is 5.97 Å². The molecule has 0 radical (unpaired) electrons. The molecule has 0 aliphatic carbocycles. The molecule has 150 valence electrons. The molecule has 2 aromatic rings. The molecule has 2 heterocycles. The number of carbonyl (C=O) groups is 1. The van der Waals surface area contributed by atoms with Crippen LogP contribution in [-0.2, 0) is 14.3 Å². The standard InChI is InChI=1S/C23H29NO4/c1-17-20(16-27-23(2,28-17)22(25)26)10-6-7-11-21(18-8-4-3-5-9-18)19-12-14-24-15-13-19/h3-5,8-9,12-15,17,20-21H,6-7,10-11,16H2,1-2H3,(H,25,26). The number of carboxylic acid groups (broad SMARTS) is 1. The minimum Gasteiger partial charge on any atom is -0.477 e. The number of aromatic nitrogens is 1. The molecule has 5 nitrogen and oxygen atoms in total. The van der Waals surface area contributed by atoms with Gasteiger partial charge in [-0.05, 0) is 43.0 Å². The van der Waals surface area contributed by atoms with Crippen LogP contribution in [-0.4, -0.2) is 34.6 Å². The molecule has 0 bridgehead atoms. The number of rotatable bonds is 8. The average molecular weight is 383 g/mol. The molecule has 1 aliphatic heterocycles. The van der Waals surface area contributed by atoms with E-state index in [4.69, 9.17) is 9.47 Å². The second-order valence-corrected chi connectivity index (χ2v) is 7.67. The molecule has 4 unspecified atom stereocenters. The zero-order valence-corrected chi connectivity index (χ0v) is 16.6. The number of aliphatic carboxylic acids is 1. The Morgan fingerprint density at radius 2 is 1.86 bits per heavy atom. The van der Waals surface area contributed by atoms with Crippen molar-refractivity contribution in [2.24, 2.45) is 5.92 Å². The highest BCUT2D eigenvalue weighted by atomic mass is 16.7. The van der Waals surface area contributed by atoms with Crippen molar-refractivity contribution in [3.63, 3.8) is 0 Å². The normalized spacial score (nSPS) is 25.9. The van der Waals surface area contributed by atoms with Crippen LogP contribution in [0.5, 0.6) is 0 Å². The third kappa shape index (κ3) is 4.97. The molecule has 1 aromatic carbocycles. The topological polar surface area (TPSA) is 68.7 Å². The fourth-order valence-electron chi connectivity index (χ4n) is 3.88. The summed E-state index contributed by atoms with van der Waals surface area (Å²) in [5.41, 5.74) is 2.61. The molecule has 1 aromatic heterocycles. The van der Waals surface area contributed by atoms with E-state index in [0.29, 0.717) is 12.5 Å². The van der Waals surface area contributed by atoms with Crippen molar-refractivity contribution in [3.05, 3.63) is 66.0 Å². The molecule has 5 heteroatoms. The summed E-state index contributed by atoms with van der Waals surface area (Å²) in [7, 11) is 0. The van der Waals surface area contributed by atoms with Gasteiger partial charge in [-0.25, -0.2) is 4.79 Å². The summed E-state index contributed by atoms with van der Waals surface area (Å²) in [6, 6.07) is 14.8. The van der Waals surface area contributed by atoms with E-state index in [2.05, 4.69) is 41.4 Å². The Bertz CT molecular complexity index is 712. The lowest BCUT2D eigenvalue weighted by Crippen LogP contribution is -2.51. The number of benzene rings is 1. The SMILES string of the molecule is CC1OC(C)(C(=O)O)OCC1CCCCC(c1ccccc1)c1ccncc1. The van der Waals surface area contributed by atoms with Crippen LogP contribution in [0.2, 0.25) is 0 Å². The van der Waals surface area contributed by atoms with Gasteiger partial charge in [-0.3, -0.25) is 4.98 Å². The second-order valence-electron chi connectivity index (χ2n) is 7.67. The van der Waals surface area contributed by atoms with Gasteiger partial charge in [0.15, 0.2) is 0 Å².